The van der Waals surface area contributed by atoms with Gasteiger partial charge in [-0.2, -0.15) is 0 Å². The lowest BCUT2D eigenvalue weighted by molar-refractivity contribution is 0.265. The molecule has 0 amide bonds. The maximum absolute atomic E-state index is 12.9. The molecule has 1 aromatic heterocycles. The molecule has 0 aliphatic rings. The first-order valence-electron chi connectivity index (χ1n) is 7.56. The summed E-state index contributed by atoms with van der Waals surface area (Å²) in [6, 6.07) is 14.9. The van der Waals surface area contributed by atoms with Gasteiger partial charge in [0.25, 0.3) is 0 Å². The number of halogens is 2. The molecule has 3 rings (SSSR count). The van der Waals surface area contributed by atoms with Gasteiger partial charge in [-0.15, -0.1) is 24.8 Å². The number of aliphatic hydroxyl groups excluding tert-OH is 1. The summed E-state index contributed by atoms with van der Waals surface area (Å²) < 4.78 is 25.9. The number of nitrogens with two attached hydrogens (primary N) is 1. The summed E-state index contributed by atoms with van der Waals surface area (Å²) in [7, 11) is -3.64. The van der Waals surface area contributed by atoms with Crippen LogP contribution in [-0.2, 0) is 16.3 Å². The number of aliphatic hydroxyl groups is 1. The molecular weight excluding hydrogens is 395 g/mol. The van der Waals surface area contributed by atoms with Crippen LogP contribution >= 0.6 is 24.8 Å². The second-order valence-corrected chi connectivity index (χ2v) is 7.54. The predicted octanol–water partition coefficient (Wildman–Crippen LogP) is 2.77. The highest BCUT2D eigenvalue weighted by Crippen LogP contribution is 2.27. The van der Waals surface area contributed by atoms with Gasteiger partial charge in [0.05, 0.1) is 21.9 Å². The van der Waals surface area contributed by atoms with Crippen molar-refractivity contribution in [2.75, 3.05) is 6.61 Å². The van der Waals surface area contributed by atoms with E-state index in [1.165, 1.54) is 12.3 Å². The van der Waals surface area contributed by atoms with E-state index < -0.39 is 9.84 Å². The highest BCUT2D eigenvalue weighted by atomic mass is 35.5. The first-order valence-corrected chi connectivity index (χ1v) is 9.05. The molecule has 8 heteroatoms. The number of aromatic nitrogens is 1. The number of para-hydroxylation sites is 1. The zero-order chi connectivity index (χ0) is 17.2. The van der Waals surface area contributed by atoms with E-state index in [1.54, 1.807) is 42.5 Å². The van der Waals surface area contributed by atoms with Crippen molar-refractivity contribution in [3.63, 3.8) is 0 Å². The Bertz CT molecular complexity index is 958. The normalized spacial score (nSPS) is 12.1. The lowest BCUT2D eigenvalue weighted by Gasteiger charge is -2.10. The molecule has 0 spiro atoms. The Morgan fingerprint density at radius 3 is 2.31 bits per heavy atom. The van der Waals surface area contributed by atoms with Crippen LogP contribution in [0.4, 0.5) is 0 Å². The molecule has 5 nitrogen and oxygen atoms in total. The van der Waals surface area contributed by atoms with Crippen LogP contribution in [0.5, 0.6) is 0 Å². The third kappa shape index (κ3) is 4.52. The number of sulfone groups is 1. The van der Waals surface area contributed by atoms with Crippen molar-refractivity contribution in [2.24, 2.45) is 5.73 Å². The average molecular weight is 415 g/mol. The van der Waals surface area contributed by atoms with Gasteiger partial charge in [0.1, 0.15) is 0 Å². The van der Waals surface area contributed by atoms with Gasteiger partial charge in [-0.05, 0) is 36.2 Å². The summed E-state index contributed by atoms with van der Waals surface area (Å²) in [5.74, 6) is 0. The molecule has 1 heterocycles. The van der Waals surface area contributed by atoms with Crippen LogP contribution in [0.2, 0.25) is 0 Å². The maximum Gasteiger partial charge on any atom is 0.207 e. The molecule has 0 saturated heterocycles. The van der Waals surface area contributed by atoms with Gasteiger partial charge >= 0.3 is 0 Å². The van der Waals surface area contributed by atoms with Gasteiger partial charge in [-0.1, -0.05) is 30.3 Å². The molecule has 0 saturated carbocycles. The van der Waals surface area contributed by atoms with E-state index in [9.17, 15) is 8.42 Å². The zero-order valence-electron chi connectivity index (χ0n) is 13.8. The standard InChI is InChI=1S/C18H18N2O3S.2ClH/c19-14(12-21)11-13-5-7-15(8-6-13)24(22,23)18-9-10-20-17-4-2-1-3-16(17)18;;/h1-10,14,21H,11-12,19H2;2*1H. The molecule has 0 aliphatic carbocycles. The van der Waals surface area contributed by atoms with Crippen LogP contribution in [0.1, 0.15) is 5.56 Å². The summed E-state index contributed by atoms with van der Waals surface area (Å²) in [6.07, 6.45) is 2.00. The number of fused-ring (bicyclic) bond motifs is 1. The monoisotopic (exact) mass is 414 g/mol. The lowest BCUT2D eigenvalue weighted by atomic mass is 10.1. The largest absolute Gasteiger partial charge is 0.395 e. The Hall–Kier alpha value is -1.70. The second kappa shape index (κ2) is 9.30. The fourth-order valence-electron chi connectivity index (χ4n) is 2.60. The SMILES string of the molecule is Cl.Cl.NC(CO)Cc1ccc(S(=O)(=O)c2ccnc3ccccc23)cc1. The van der Waals surface area contributed by atoms with E-state index in [0.29, 0.717) is 17.3 Å². The quantitative estimate of drug-likeness (QED) is 0.669. The third-order valence-corrected chi connectivity index (χ3v) is 5.69. The average Bonchev–Trinajstić information content (AvgIpc) is 2.61. The van der Waals surface area contributed by atoms with Crippen molar-refractivity contribution < 1.29 is 13.5 Å². The number of hydrogen-bond donors (Lipinski definition) is 2. The smallest absolute Gasteiger partial charge is 0.207 e. The van der Waals surface area contributed by atoms with Crippen molar-refractivity contribution in [2.45, 2.75) is 22.3 Å². The van der Waals surface area contributed by atoms with Crippen LogP contribution in [0, 0.1) is 0 Å². The Labute approximate surface area is 165 Å². The molecule has 2 aromatic carbocycles. The van der Waals surface area contributed by atoms with Crippen molar-refractivity contribution in [1.82, 2.24) is 4.98 Å². The van der Waals surface area contributed by atoms with Gasteiger partial charge in [-0.3, -0.25) is 4.98 Å². The minimum atomic E-state index is -3.64. The molecule has 1 unspecified atom stereocenters. The van der Waals surface area contributed by atoms with Crippen LogP contribution < -0.4 is 5.73 Å². The Morgan fingerprint density at radius 1 is 1.00 bits per heavy atom. The molecule has 0 bridgehead atoms. The van der Waals surface area contributed by atoms with Crippen LogP contribution in [-0.4, -0.2) is 31.2 Å². The van der Waals surface area contributed by atoms with Gasteiger partial charge in [0, 0.05) is 17.6 Å². The molecule has 26 heavy (non-hydrogen) atoms. The Kier molecular flexibility index (Phi) is 7.99. The number of benzene rings is 2. The van der Waals surface area contributed by atoms with E-state index in [1.807, 2.05) is 6.07 Å². The lowest BCUT2D eigenvalue weighted by Crippen LogP contribution is -2.26. The number of pyridine rings is 1. The highest BCUT2D eigenvalue weighted by molar-refractivity contribution is 7.91. The van der Waals surface area contributed by atoms with Crippen molar-refractivity contribution in [1.29, 1.82) is 0 Å². The zero-order valence-corrected chi connectivity index (χ0v) is 16.2. The van der Waals surface area contributed by atoms with Crippen molar-refractivity contribution in [3.8, 4) is 0 Å². The molecule has 0 aliphatic heterocycles. The molecule has 1 atom stereocenters. The number of hydrogen-bond acceptors (Lipinski definition) is 5. The van der Waals surface area contributed by atoms with E-state index >= 15 is 0 Å². The Morgan fingerprint density at radius 2 is 1.65 bits per heavy atom. The molecule has 3 aromatic rings. The Balaban J connectivity index is 0.00000169. The van der Waals surface area contributed by atoms with Gasteiger partial charge in [0.15, 0.2) is 0 Å². The fourth-order valence-corrected chi connectivity index (χ4v) is 4.05. The molecule has 0 radical (unpaired) electrons. The van der Waals surface area contributed by atoms with Crippen LogP contribution in [0.3, 0.4) is 0 Å². The van der Waals surface area contributed by atoms with E-state index in [2.05, 4.69) is 4.98 Å². The number of rotatable bonds is 5. The maximum atomic E-state index is 12.9. The van der Waals surface area contributed by atoms with Gasteiger partial charge in [0.2, 0.25) is 9.84 Å². The molecular formula is C18H20Cl2N2O3S. The first kappa shape index (κ1) is 22.3. The molecule has 0 fully saturated rings. The first-order chi connectivity index (χ1) is 11.5. The summed E-state index contributed by atoms with van der Waals surface area (Å²) in [6.45, 7) is -0.108. The summed E-state index contributed by atoms with van der Waals surface area (Å²) in [5.41, 5.74) is 7.23. The predicted molar refractivity (Wildman–Crippen MR) is 107 cm³/mol. The fraction of sp³-hybridized carbons (Fsp3) is 0.167. The summed E-state index contributed by atoms with van der Waals surface area (Å²) in [5, 5.41) is 9.61. The minimum Gasteiger partial charge on any atom is -0.395 e. The van der Waals surface area contributed by atoms with Gasteiger partial charge in [-0.25, -0.2) is 8.42 Å². The minimum absolute atomic E-state index is 0. The van der Waals surface area contributed by atoms with E-state index in [4.69, 9.17) is 10.8 Å². The third-order valence-electron chi connectivity index (χ3n) is 3.86. The van der Waals surface area contributed by atoms with Crippen molar-refractivity contribution >= 4 is 45.6 Å². The van der Waals surface area contributed by atoms with E-state index in [0.717, 1.165) is 5.56 Å². The van der Waals surface area contributed by atoms with Crippen molar-refractivity contribution in [3.05, 3.63) is 66.4 Å². The van der Waals surface area contributed by atoms with Crippen LogP contribution in [0.25, 0.3) is 10.9 Å². The summed E-state index contributed by atoms with van der Waals surface area (Å²) >= 11 is 0. The van der Waals surface area contributed by atoms with E-state index in [-0.39, 0.29) is 47.3 Å². The summed E-state index contributed by atoms with van der Waals surface area (Å²) in [4.78, 5) is 4.67. The number of nitrogens with zero attached hydrogens (tertiary/aromatic N) is 1. The molecule has 140 valence electrons. The van der Waals surface area contributed by atoms with Crippen LogP contribution in [0.15, 0.2) is 70.6 Å². The van der Waals surface area contributed by atoms with Gasteiger partial charge < -0.3 is 10.8 Å². The molecule has 3 N–H and O–H groups in total. The topological polar surface area (TPSA) is 93.3 Å². The second-order valence-electron chi connectivity index (χ2n) is 5.62. The highest BCUT2D eigenvalue weighted by Gasteiger charge is 2.20.